The van der Waals surface area contributed by atoms with Gasteiger partial charge in [-0.15, -0.1) is 11.3 Å². The third-order valence-electron chi connectivity index (χ3n) is 3.84. The fraction of sp³-hybridized carbons (Fsp3) is 0.375. The van der Waals surface area contributed by atoms with Gasteiger partial charge in [0.05, 0.1) is 32.1 Å². The number of nitrogens with zero attached hydrogens (tertiary/aromatic N) is 1. The molecule has 2 heterocycles. The molecule has 2 atom stereocenters. The molecule has 2 unspecified atom stereocenters. The van der Waals surface area contributed by atoms with Gasteiger partial charge < -0.3 is 25.2 Å². The van der Waals surface area contributed by atoms with E-state index in [-0.39, 0.29) is 11.9 Å². The van der Waals surface area contributed by atoms with Crippen LogP contribution in [-0.4, -0.2) is 48.9 Å². The van der Waals surface area contributed by atoms with E-state index in [4.69, 9.17) is 9.47 Å². The van der Waals surface area contributed by atoms with Crippen LogP contribution in [0.15, 0.2) is 23.6 Å². The van der Waals surface area contributed by atoms with E-state index in [0.717, 1.165) is 11.3 Å². The van der Waals surface area contributed by atoms with Gasteiger partial charge in [0.1, 0.15) is 0 Å². The van der Waals surface area contributed by atoms with Gasteiger partial charge in [-0.05, 0) is 24.6 Å². The SMILES string of the molecule is COc1ccc(-c2csc(NC(=O)C3CC(O)CN3)n2)cc1OC. The molecule has 1 saturated heterocycles. The summed E-state index contributed by atoms with van der Waals surface area (Å²) in [6.45, 7) is 0.437. The Morgan fingerprint density at radius 3 is 2.83 bits per heavy atom. The van der Waals surface area contributed by atoms with Gasteiger partial charge in [0.2, 0.25) is 5.91 Å². The highest BCUT2D eigenvalue weighted by atomic mass is 32.1. The Morgan fingerprint density at radius 1 is 1.38 bits per heavy atom. The fourth-order valence-corrected chi connectivity index (χ4v) is 3.29. The van der Waals surface area contributed by atoms with Crippen molar-refractivity contribution >= 4 is 22.4 Å². The molecule has 0 aliphatic carbocycles. The van der Waals surface area contributed by atoms with Crippen molar-refractivity contribution in [3.63, 3.8) is 0 Å². The summed E-state index contributed by atoms with van der Waals surface area (Å²) in [5, 5.41) is 17.6. The molecule has 8 heteroatoms. The summed E-state index contributed by atoms with van der Waals surface area (Å²) >= 11 is 1.35. The van der Waals surface area contributed by atoms with E-state index in [0.29, 0.717) is 29.6 Å². The lowest BCUT2D eigenvalue weighted by Gasteiger charge is -2.09. The van der Waals surface area contributed by atoms with Crippen molar-refractivity contribution in [3.05, 3.63) is 23.6 Å². The molecule has 2 aromatic rings. The van der Waals surface area contributed by atoms with E-state index in [9.17, 15) is 9.90 Å². The van der Waals surface area contributed by atoms with Crippen LogP contribution in [-0.2, 0) is 4.79 Å². The number of carbonyl (C=O) groups is 1. The van der Waals surface area contributed by atoms with Gasteiger partial charge in [-0.25, -0.2) is 4.98 Å². The standard InChI is InChI=1S/C16H19N3O4S/c1-22-13-4-3-9(5-14(13)23-2)12-8-24-16(18-12)19-15(21)11-6-10(20)7-17-11/h3-5,8,10-11,17,20H,6-7H2,1-2H3,(H,18,19,21). The van der Waals surface area contributed by atoms with E-state index in [1.165, 1.54) is 11.3 Å². The van der Waals surface area contributed by atoms with Crippen molar-refractivity contribution in [2.45, 2.75) is 18.6 Å². The lowest BCUT2D eigenvalue weighted by Crippen LogP contribution is -2.35. The number of aliphatic hydroxyl groups is 1. The predicted octanol–water partition coefficient (Wildman–Crippen LogP) is 1.49. The molecule has 24 heavy (non-hydrogen) atoms. The number of amides is 1. The molecule has 1 fully saturated rings. The molecule has 128 valence electrons. The Morgan fingerprint density at radius 2 is 2.17 bits per heavy atom. The Labute approximate surface area is 143 Å². The number of carbonyl (C=O) groups excluding carboxylic acids is 1. The van der Waals surface area contributed by atoms with Crippen LogP contribution in [0.2, 0.25) is 0 Å². The quantitative estimate of drug-likeness (QED) is 0.757. The normalized spacial score (nSPS) is 20.0. The number of ether oxygens (including phenoxy) is 2. The van der Waals surface area contributed by atoms with Crippen molar-refractivity contribution < 1.29 is 19.4 Å². The molecule has 3 rings (SSSR count). The highest BCUT2D eigenvalue weighted by Gasteiger charge is 2.28. The van der Waals surface area contributed by atoms with Crippen LogP contribution >= 0.6 is 11.3 Å². The number of hydrogen-bond acceptors (Lipinski definition) is 7. The second-order valence-electron chi connectivity index (χ2n) is 5.45. The lowest BCUT2D eigenvalue weighted by atomic mass is 10.1. The van der Waals surface area contributed by atoms with Crippen LogP contribution in [0.4, 0.5) is 5.13 Å². The Bertz CT molecular complexity index is 734. The molecule has 0 radical (unpaired) electrons. The highest BCUT2D eigenvalue weighted by Crippen LogP contribution is 2.33. The molecule has 1 aliphatic rings. The summed E-state index contributed by atoms with van der Waals surface area (Å²) in [4.78, 5) is 16.6. The maximum absolute atomic E-state index is 12.1. The summed E-state index contributed by atoms with van der Waals surface area (Å²) in [5.74, 6) is 1.09. The van der Waals surface area contributed by atoms with Crippen molar-refractivity contribution in [2.24, 2.45) is 0 Å². The lowest BCUT2D eigenvalue weighted by molar-refractivity contribution is -0.117. The first kappa shape index (κ1) is 16.7. The van der Waals surface area contributed by atoms with Gasteiger partial charge >= 0.3 is 0 Å². The Hall–Kier alpha value is -2.16. The topological polar surface area (TPSA) is 92.7 Å². The van der Waals surface area contributed by atoms with Crippen LogP contribution in [0.1, 0.15) is 6.42 Å². The van der Waals surface area contributed by atoms with E-state index in [2.05, 4.69) is 15.6 Å². The zero-order valence-corrected chi connectivity index (χ0v) is 14.2. The van der Waals surface area contributed by atoms with E-state index in [1.807, 2.05) is 23.6 Å². The highest BCUT2D eigenvalue weighted by molar-refractivity contribution is 7.14. The van der Waals surface area contributed by atoms with Crippen molar-refractivity contribution in [1.29, 1.82) is 0 Å². The largest absolute Gasteiger partial charge is 0.493 e. The van der Waals surface area contributed by atoms with Gasteiger partial charge in [-0.2, -0.15) is 0 Å². The second-order valence-corrected chi connectivity index (χ2v) is 6.31. The molecular weight excluding hydrogens is 330 g/mol. The summed E-state index contributed by atoms with van der Waals surface area (Å²) in [7, 11) is 3.17. The van der Waals surface area contributed by atoms with Gasteiger partial charge in [-0.1, -0.05) is 0 Å². The summed E-state index contributed by atoms with van der Waals surface area (Å²) in [6.07, 6.45) is -0.0564. The van der Waals surface area contributed by atoms with Crippen LogP contribution < -0.4 is 20.1 Å². The fourth-order valence-electron chi connectivity index (χ4n) is 2.57. The number of anilines is 1. The first-order chi connectivity index (χ1) is 11.6. The minimum absolute atomic E-state index is 0.181. The van der Waals surface area contributed by atoms with Crippen LogP contribution in [0.5, 0.6) is 11.5 Å². The third-order valence-corrected chi connectivity index (χ3v) is 4.60. The number of aliphatic hydroxyl groups excluding tert-OH is 1. The average Bonchev–Trinajstić information content (AvgIpc) is 3.23. The maximum Gasteiger partial charge on any atom is 0.243 e. The molecule has 3 N–H and O–H groups in total. The summed E-state index contributed by atoms with van der Waals surface area (Å²) in [5.41, 5.74) is 1.62. The van der Waals surface area contributed by atoms with E-state index < -0.39 is 6.10 Å². The Balaban J connectivity index is 1.72. The molecule has 1 amide bonds. The number of nitrogens with one attached hydrogen (secondary N) is 2. The molecule has 1 aromatic heterocycles. The van der Waals surface area contributed by atoms with Gasteiger partial charge in [0.25, 0.3) is 0 Å². The molecule has 0 spiro atoms. The van der Waals surface area contributed by atoms with Crippen molar-refractivity contribution in [2.75, 3.05) is 26.1 Å². The number of β-amino-alcohol motifs (C(OH)–C–C–N with tert-alkyl or cyclic N) is 1. The van der Waals surface area contributed by atoms with Gasteiger partial charge in [-0.3, -0.25) is 4.79 Å². The van der Waals surface area contributed by atoms with E-state index >= 15 is 0 Å². The Kier molecular flexibility index (Phi) is 4.98. The molecule has 1 aromatic carbocycles. The van der Waals surface area contributed by atoms with Crippen molar-refractivity contribution in [1.82, 2.24) is 10.3 Å². The third kappa shape index (κ3) is 3.50. The van der Waals surface area contributed by atoms with Crippen molar-refractivity contribution in [3.8, 4) is 22.8 Å². The molecule has 1 aliphatic heterocycles. The molecule has 0 saturated carbocycles. The average molecular weight is 349 g/mol. The van der Waals surface area contributed by atoms with E-state index in [1.54, 1.807) is 14.2 Å². The minimum Gasteiger partial charge on any atom is -0.493 e. The maximum atomic E-state index is 12.1. The summed E-state index contributed by atoms with van der Waals surface area (Å²) in [6, 6.07) is 5.16. The predicted molar refractivity (Wildman–Crippen MR) is 91.7 cm³/mol. The first-order valence-corrected chi connectivity index (χ1v) is 8.39. The number of rotatable bonds is 5. The number of hydrogen-bond donors (Lipinski definition) is 3. The number of aromatic nitrogens is 1. The van der Waals surface area contributed by atoms with Crippen LogP contribution in [0.3, 0.4) is 0 Å². The molecule has 7 nitrogen and oxygen atoms in total. The number of benzene rings is 1. The first-order valence-electron chi connectivity index (χ1n) is 7.51. The monoisotopic (exact) mass is 349 g/mol. The zero-order valence-electron chi connectivity index (χ0n) is 13.4. The van der Waals surface area contributed by atoms with Crippen LogP contribution in [0, 0.1) is 0 Å². The number of methoxy groups -OCH3 is 2. The number of thiazole rings is 1. The minimum atomic E-state index is -0.473. The smallest absolute Gasteiger partial charge is 0.243 e. The second kappa shape index (κ2) is 7.16. The van der Waals surface area contributed by atoms with Gasteiger partial charge in [0.15, 0.2) is 16.6 Å². The summed E-state index contributed by atoms with van der Waals surface area (Å²) < 4.78 is 10.5. The molecule has 0 bridgehead atoms. The van der Waals surface area contributed by atoms with Gasteiger partial charge in [0, 0.05) is 17.5 Å². The zero-order chi connectivity index (χ0) is 17.1. The molecular formula is C16H19N3O4S. The van der Waals surface area contributed by atoms with Crippen LogP contribution in [0.25, 0.3) is 11.3 Å².